The van der Waals surface area contributed by atoms with Crippen molar-refractivity contribution in [2.24, 2.45) is 0 Å². The first-order valence-electron chi connectivity index (χ1n) is 9.49. The van der Waals surface area contributed by atoms with Crippen molar-refractivity contribution < 1.29 is 8.42 Å². The Morgan fingerprint density at radius 1 is 0.900 bits per heavy atom. The molecule has 0 atom stereocenters. The third kappa shape index (κ3) is 3.92. The smallest absolute Gasteiger partial charge is 0.213 e. The van der Waals surface area contributed by atoms with Crippen LogP contribution in [0.25, 0.3) is 0 Å². The van der Waals surface area contributed by atoms with Crippen LogP contribution in [0.2, 0.25) is 0 Å². The van der Waals surface area contributed by atoms with Gasteiger partial charge in [-0.15, -0.1) is 0 Å². The molecular weight excluding hydrogens is 396 g/mol. The highest BCUT2D eigenvalue weighted by atomic mass is 32.2. The summed E-state index contributed by atoms with van der Waals surface area (Å²) in [6.45, 7) is 2.27. The van der Waals surface area contributed by atoms with Crippen LogP contribution < -0.4 is 11.1 Å². The minimum absolute atomic E-state index is 0.0221. The standard InChI is InChI=1S/C23H22N4O2S/c1-17-12-14-20(15-13-17)30(28,29)21-22(24)27(16-18-8-4-2-5-9-18)26-23(21)25-19-10-6-3-7-11-19/h2-15H,16,24H2,1H3,(H,25,26). The summed E-state index contributed by atoms with van der Waals surface area (Å²) in [5.74, 6) is 0.299. The topological polar surface area (TPSA) is 90.0 Å². The molecule has 30 heavy (non-hydrogen) atoms. The zero-order chi connectivity index (χ0) is 21.1. The van der Waals surface area contributed by atoms with Gasteiger partial charge in [-0.25, -0.2) is 13.1 Å². The predicted octanol–water partition coefficient (Wildman–Crippen LogP) is 4.40. The Balaban J connectivity index is 1.83. The average Bonchev–Trinajstić information content (AvgIpc) is 3.05. The summed E-state index contributed by atoms with van der Waals surface area (Å²) < 4.78 is 28.5. The molecule has 0 unspecified atom stereocenters. The lowest BCUT2D eigenvalue weighted by molar-refractivity contribution is 0.596. The van der Waals surface area contributed by atoms with Crippen LogP contribution in [-0.2, 0) is 16.4 Å². The van der Waals surface area contributed by atoms with E-state index in [1.165, 1.54) is 4.68 Å². The van der Waals surface area contributed by atoms with E-state index in [4.69, 9.17) is 5.73 Å². The van der Waals surface area contributed by atoms with Gasteiger partial charge < -0.3 is 11.1 Å². The van der Waals surface area contributed by atoms with Crippen molar-refractivity contribution in [3.8, 4) is 0 Å². The molecule has 152 valence electrons. The number of sulfone groups is 1. The molecule has 0 amide bonds. The Morgan fingerprint density at radius 3 is 2.13 bits per heavy atom. The number of hydrogen-bond acceptors (Lipinski definition) is 5. The minimum Gasteiger partial charge on any atom is -0.383 e. The first-order valence-corrected chi connectivity index (χ1v) is 11.0. The Bertz CT molecular complexity index is 1250. The fraction of sp³-hybridized carbons (Fsp3) is 0.0870. The van der Waals surface area contributed by atoms with Gasteiger partial charge in [-0.05, 0) is 36.8 Å². The molecule has 0 aliphatic carbocycles. The summed E-state index contributed by atoms with van der Waals surface area (Å²) in [6, 6.07) is 25.6. The number of nitrogens with one attached hydrogen (secondary N) is 1. The molecule has 4 rings (SSSR count). The molecule has 0 spiro atoms. The van der Waals surface area contributed by atoms with E-state index in [0.717, 1.165) is 16.8 Å². The lowest BCUT2D eigenvalue weighted by Crippen LogP contribution is -2.09. The van der Waals surface area contributed by atoms with Gasteiger partial charge in [-0.1, -0.05) is 66.2 Å². The Labute approximate surface area is 175 Å². The average molecular weight is 419 g/mol. The van der Waals surface area contributed by atoms with Gasteiger partial charge in [0.2, 0.25) is 9.84 Å². The van der Waals surface area contributed by atoms with Crippen molar-refractivity contribution in [1.29, 1.82) is 0 Å². The molecule has 0 saturated heterocycles. The van der Waals surface area contributed by atoms with Crippen LogP contribution in [0.1, 0.15) is 11.1 Å². The van der Waals surface area contributed by atoms with Gasteiger partial charge in [0, 0.05) is 5.69 Å². The largest absolute Gasteiger partial charge is 0.383 e. The molecule has 0 aliphatic heterocycles. The minimum atomic E-state index is -3.88. The van der Waals surface area contributed by atoms with E-state index in [1.807, 2.05) is 67.6 Å². The Hall–Kier alpha value is -3.58. The molecule has 7 heteroatoms. The first-order chi connectivity index (χ1) is 14.4. The molecular formula is C23H22N4O2S. The molecule has 0 saturated carbocycles. The van der Waals surface area contributed by atoms with E-state index in [1.54, 1.807) is 24.3 Å². The number of nitrogen functional groups attached to an aromatic ring is 1. The van der Waals surface area contributed by atoms with Crippen LogP contribution >= 0.6 is 0 Å². The summed E-state index contributed by atoms with van der Waals surface area (Å²) in [6.07, 6.45) is 0. The Morgan fingerprint density at radius 2 is 1.50 bits per heavy atom. The molecule has 0 aliphatic rings. The van der Waals surface area contributed by atoms with E-state index < -0.39 is 9.84 Å². The first kappa shape index (κ1) is 19.7. The molecule has 4 aromatic rings. The van der Waals surface area contributed by atoms with Gasteiger partial charge >= 0.3 is 0 Å². The maximum atomic E-state index is 13.5. The maximum absolute atomic E-state index is 13.5. The zero-order valence-corrected chi connectivity index (χ0v) is 17.3. The highest BCUT2D eigenvalue weighted by Crippen LogP contribution is 2.34. The van der Waals surface area contributed by atoms with Gasteiger partial charge in [0.25, 0.3) is 0 Å². The van der Waals surface area contributed by atoms with E-state index in [0.29, 0.717) is 6.54 Å². The lowest BCUT2D eigenvalue weighted by atomic mass is 10.2. The number of benzene rings is 3. The second kappa shape index (κ2) is 8.04. The van der Waals surface area contributed by atoms with Gasteiger partial charge in [-0.3, -0.25) is 0 Å². The van der Waals surface area contributed by atoms with Crippen molar-refractivity contribution in [2.75, 3.05) is 11.1 Å². The highest BCUT2D eigenvalue weighted by Gasteiger charge is 2.29. The number of aromatic nitrogens is 2. The molecule has 3 aromatic carbocycles. The molecule has 6 nitrogen and oxygen atoms in total. The fourth-order valence-corrected chi connectivity index (χ4v) is 4.63. The summed E-state index contributed by atoms with van der Waals surface area (Å²) in [5.41, 5.74) is 9.01. The number of nitrogens with two attached hydrogens (primary N) is 1. The van der Waals surface area contributed by atoms with Gasteiger partial charge in [0.15, 0.2) is 10.7 Å². The van der Waals surface area contributed by atoms with Crippen LogP contribution in [-0.4, -0.2) is 18.2 Å². The summed E-state index contributed by atoms with van der Waals surface area (Å²) in [4.78, 5) is 0.154. The third-order valence-electron chi connectivity index (χ3n) is 4.76. The molecule has 3 N–H and O–H groups in total. The highest BCUT2D eigenvalue weighted by molar-refractivity contribution is 7.91. The van der Waals surface area contributed by atoms with Crippen molar-refractivity contribution in [3.05, 3.63) is 96.1 Å². The second-order valence-electron chi connectivity index (χ2n) is 7.01. The lowest BCUT2D eigenvalue weighted by Gasteiger charge is -2.08. The molecule has 1 heterocycles. The number of nitrogens with zero attached hydrogens (tertiary/aromatic N) is 2. The number of hydrogen-bond donors (Lipinski definition) is 2. The van der Waals surface area contributed by atoms with Crippen LogP contribution in [0, 0.1) is 6.92 Å². The van der Waals surface area contributed by atoms with E-state index in [-0.39, 0.29) is 21.4 Å². The summed E-state index contributed by atoms with van der Waals surface area (Å²) in [7, 11) is -3.88. The molecule has 1 aromatic heterocycles. The van der Waals surface area contributed by atoms with Crippen molar-refractivity contribution in [2.45, 2.75) is 23.3 Å². The third-order valence-corrected chi connectivity index (χ3v) is 6.59. The second-order valence-corrected chi connectivity index (χ2v) is 8.90. The van der Waals surface area contributed by atoms with Crippen LogP contribution in [0.5, 0.6) is 0 Å². The van der Waals surface area contributed by atoms with Crippen LogP contribution in [0.15, 0.2) is 94.7 Å². The molecule has 0 bridgehead atoms. The SMILES string of the molecule is Cc1ccc(S(=O)(=O)c2c(Nc3ccccc3)nn(Cc3ccccc3)c2N)cc1. The van der Waals surface area contributed by atoms with E-state index in [9.17, 15) is 8.42 Å². The number of aryl methyl sites for hydroxylation is 1. The van der Waals surface area contributed by atoms with Crippen molar-refractivity contribution in [3.63, 3.8) is 0 Å². The van der Waals surface area contributed by atoms with Gasteiger partial charge in [-0.2, -0.15) is 5.10 Å². The quantitative estimate of drug-likeness (QED) is 0.484. The zero-order valence-electron chi connectivity index (χ0n) is 16.5. The van der Waals surface area contributed by atoms with Crippen molar-refractivity contribution in [1.82, 2.24) is 9.78 Å². The van der Waals surface area contributed by atoms with E-state index >= 15 is 0 Å². The van der Waals surface area contributed by atoms with Crippen molar-refractivity contribution >= 4 is 27.2 Å². The maximum Gasteiger partial charge on any atom is 0.213 e. The number of para-hydroxylation sites is 1. The Kier molecular flexibility index (Phi) is 5.29. The van der Waals surface area contributed by atoms with Gasteiger partial charge in [0.05, 0.1) is 11.4 Å². The molecule has 0 fully saturated rings. The van der Waals surface area contributed by atoms with E-state index in [2.05, 4.69) is 10.4 Å². The van der Waals surface area contributed by atoms with Gasteiger partial charge in [0.1, 0.15) is 5.82 Å². The number of anilines is 3. The summed E-state index contributed by atoms with van der Waals surface area (Å²) in [5, 5.41) is 7.63. The monoisotopic (exact) mass is 418 g/mol. The van der Waals surface area contributed by atoms with Crippen LogP contribution in [0.3, 0.4) is 0 Å². The molecule has 0 radical (unpaired) electrons. The fourth-order valence-electron chi connectivity index (χ4n) is 3.18. The number of rotatable bonds is 6. The predicted molar refractivity (Wildman–Crippen MR) is 119 cm³/mol. The normalized spacial score (nSPS) is 11.4. The summed E-state index contributed by atoms with van der Waals surface area (Å²) >= 11 is 0. The van der Waals surface area contributed by atoms with Crippen LogP contribution in [0.4, 0.5) is 17.3 Å².